The minimum atomic E-state index is -0.485. The number of carbonyl (C=O) groups is 1. The maximum absolute atomic E-state index is 14.4. The zero-order valence-electron chi connectivity index (χ0n) is 15.8. The van der Waals surface area contributed by atoms with Crippen LogP contribution in [0, 0.1) is 5.82 Å². The number of pyridine rings is 1. The summed E-state index contributed by atoms with van der Waals surface area (Å²) in [4.78, 5) is 16.9. The standard InChI is InChI=1S/C21H24FN3O2.ClH/c1-2-27-15-4-5-17(22)16(13-15)14-7-11-23-19(12-14)18-6-9-21(25-18)8-3-10-24-20(21)26;/h4-5,7,11-13,18,25H,2-3,6,8-10H2,1H3,(H,24,26);1H/t18-,21-;/m1./s1. The highest BCUT2D eigenvalue weighted by atomic mass is 35.5. The van der Waals surface area contributed by atoms with E-state index in [-0.39, 0.29) is 30.2 Å². The van der Waals surface area contributed by atoms with Crippen molar-refractivity contribution in [3.8, 4) is 16.9 Å². The molecule has 0 saturated carbocycles. The molecule has 2 saturated heterocycles. The predicted octanol–water partition coefficient (Wildman–Crippen LogP) is 3.78. The number of benzene rings is 1. The van der Waals surface area contributed by atoms with Gasteiger partial charge in [0.2, 0.25) is 5.91 Å². The van der Waals surface area contributed by atoms with Crippen LogP contribution in [-0.2, 0) is 4.79 Å². The van der Waals surface area contributed by atoms with E-state index in [0.717, 1.165) is 43.5 Å². The van der Waals surface area contributed by atoms with E-state index in [4.69, 9.17) is 4.74 Å². The molecule has 0 radical (unpaired) electrons. The number of carbonyl (C=O) groups excluding carboxylic acids is 1. The molecular weight excluding hydrogens is 381 g/mol. The number of amides is 1. The fraction of sp³-hybridized carbons (Fsp3) is 0.429. The van der Waals surface area contributed by atoms with Gasteiger partial charge >= 0.3 is 0 Å². The molecule has 2 aliphatic heterocycles. The maximum atomic E-state index is 14.4. The van der Waals surface area contributed by atoms with Crippen LogP contribution in [-0.4, -0.2) is 29.6 Å². The van der Waals surface area contributed by atoms with Gasteiger partial charge in [0.1, 0.15) is 11.6 Å². The summed E-state index contributed by atoms with van der Waals surface area (Å²) in [5.41, 5.74) is 1.60. The van der Waals surface area contributed by atoms with Crippen LogP contribution in [0.2, 0.25) is 0 Å². The lowest BCUT2D eigenvalue weighted by atomic mass is 9.88. The Bertz CT molecular complexity index is 863. The molecule has 1 aromatic carbocycles. The molecule has 2 N–H and O–H groups in total. The van der Waals surface area contributed by atoms with Crippen LogP contribution < -0.4 is 15.4 Å². The second kappa shape index (κ2) is 8.45. The second-order valence-corrected chi connectivity index (χ2v) is 7.22. The van der Waals surface area contributed by atoms with E-state index in [1.54, 1.807) is 24.4 Å². The summed E-state index contributed by atoms with van der Waals surface area (Å²) in [7, 11) is 0. The number of hydrogen-bond donors (Lipinski definition) is 2. The van der Waals surface area contributed by atoms with Crippen molar-refractivity contribution in [2.45, 2.75) is 44.2 Å². The Balaban J connectivity index is 0.00000225. The largest absolute Gasteiger partial charge is 0.494 e. The Morgan fingerprint density at radius 2 is 2.14 bits per heavy atom. The number of hydrogen-bond acceptors (Lipinski definition) is 4. The highest BCUT2D eigenvalue weighted by Gasteiger charge is 2.46. The molecule has 0 bridgehead atoms. The summed E-state index contributed by atoms with van der Waals surface area (Å²) < 4.78 is 19.9. The molecule has 0 aliphatic carbocycles. The third-order valence-corrected chi connectivity index (χ3v) is 5.51. The quantitative estimate of drug-likeness (QED) is 0.812. The number of halogens is 2. The van der Waals surface area contributed by atoms with Crippen molar-refractivity contribution in [3.63, 3.8) is 0 Å². The van der Waals surface area contributed by atoms with Gasteiger partial charge in [-0.25, -0.2) is 4.39 Å². The highest BCUT2D eigenvalue weighted by Crippen LogP contribution is 2.37. The summed E-state index contributed by atoms with van der Waals surface area (Å²) >= 11 is 0. The molecule has 1 aromatic heterocycles. The van der Waals surface area contributed by atoms with Gasteiger partial charge in [0.25, 0.3) is 0 Å². The van der Waals surface area contributed by atoms with Crippen molar-refractivity contribution in [3.05, 3.63) is 48.0 Å². The van der Waals surface area contributed by atoms with Crippen LogP contribution >= 0.6 is 12.4 Å². The maximum Gasteiger partial charge on any atom is 0.240 e. The minimum absolute atomic E-state index is 0. The van der Waals surface area contributed by atoms with E-state index in [2.05, 4.69) is 15.6 Å². The zero-order valence-corrected chi connectivity index (χ0v) is 16.7. The van der Waals surface area contributed by atoms with Crippen LogP contribution in [0.15, 0.2) is 36.5 Å². The first-order valence-electron chi connectivity index (χ1n) is 9.56. The molecule has 150 valence electrons. The molecule has 2 atom stereocenters. The van der Waals surface area contributed by atoms with E-state index in [0.29, 0.717) is 17.9 Å². The molecule has 0 unspecified atom stereocenters. The van der Waals surface area contributed by atoms with E-state index in [9.17, 15) is 9.18 Å². The number of rotatable bonds is 4. The molecule has 1 spiro atoms. The molecule has 7 heteroatoms. The Morgan fingerprint density at radius 1 is 1.29 bits per heavy atom. The average Bonchev–Trinajstić information content (AvgIpc) is 3.11. The van der Waals surface area contributed by atoms with E-state index in [1.165, 1.54) is 6.07 Å². The normalized spacial score (nSPS) is 23.9. The first-order chi connectivity index (χ1) is 13.1. The van der Waals surface area contributed by atoms with Crippen molar-refractivity contribution in [1.82, 2.24) is 15.6 Å². The van der Waals surface area contributed by atoms with E-state index >= 15 is 0 Å². The predicted molar refractivity (Wildman–Crippen MR) is 108 cm³/mol. The SMILES string of the molecule is CCOc1ccc(F)c(-c2ccnc([C@H]3CC[C@@]4(CCCNC4=O)N3)c2)c1.Cl. The first-order valence-corrected chi connectivity index (χ1v) is 9.56. The second-order valence-electron chi connectivity index (χ2n) is 7.22. The number of ether oxygens (including phenoxy) is 1. The summed E-state index contributed by atoms with van der Waals surface area (Å²) in [6.07, 6.45) is 5.16. The van der Waals surface area contributed by atoms with Crippen molar-refractivity contribution >= 4 is 18.3 Å². The fourth-order valence-corrected chi connectivity index (χ4v) is 4.13. The minimum Gasteiger partial charge on any atom is -0.494 e. The molecule has 28 heavy (non-hydrogen) atoms. The van der Waals surface area contributed by atoms with Crippen molar-refractivity contribution in [2.24, 2.45) is 0 Å². The zero-order chi connectivity index (χ0) is 18.9. The molecule has 2 fully saturated rings. The van der Waals surface area contributed by atoms with Gasteiger partial charge < -0.3 is 10.1 Å². The molecule has 4 rings (SSSR count). The Labute approximate surface area is 170 Å². The third kappa shape index (κ3) is 3.84. The average molecular weight is 406 g/mol. The van der Waals surface area contributed by atoms with Crippen LogP contribution in [0.4, 0.5) is 4.39 Å². The third-order valence-electron chi connectivity index (χ3n) is 5.51. The van der Waals surface area contributed by atoms with Crippen molar-refractivity contribution < 1.29 is 13.9 Å². The molecule has 2 aliphatic rings. The topological polar surface area (TPSA) is 63.2 Å². The van der Waals surface area contributed by atoms with Gasteiger partial charge in [-0.1, -0.05) is 0 Å². The van der Waals surface area contributed by atoms with Gasteiger partial charge in [0.05, 0.1) is 23.9 Å². The van der Waals surface area contributed by atoms with Gasteiger partial charge in [0, 0.05) is 18.3 Å². The number of nitrogens with one attached hydrogen (secondary N) is 2. The summed E-state index contributed by atoms with van der Waals surface area (Å²) in [6, 6.07) is 8.48. The van der Waals surface area contributed by atoms with Gasteiger partial charge in [-0.2, -0.15) is 0 Å². The molecule has 3 heterocycles. The lowest BCUT2D eigenvalue weighted by molar-refractivity contribution is -0.129. The highest BCUT2D eigenvalue weighted by molar-refractivity contribution is 5.87. The van der Waals surface area contributed by atoms with Crippen molar-refractivity contribution in [1.29, 1.82) is 0 Å². The number of aromatic nitrogens is 1. The van der Waals surface area contributed by atoms with Crippen LogP contribution in [0.25, 0.3) is 11.1 Å². The van der Waals surface area contributed by atoms with E-state index in [1.807, 2.05) is 13.0 Å². The number of nitrogens with zero attached hydrogens (tertiary/aromatic N) is 1. The summed E-state index contributed by atoms with van der Waals surface area (Å²) in [5.74, 6) is 0.435. The molecule has 5 nitrogen and oxygen atoms in total. The Hall–Kier alpha value is -2.18. The van der Waals surface area contributed by atoms with Gasteiger partial charge in [0.15, 0.2) is 0 Å². The monoisotopic (exact) mass is 405 g/mol. The molecule has 2 aromatic rings. The lowest BCUT2D eigenvalue weighted by Crippen LogP contribution is -2.57. The molecule has 1 amide bonds. The Morgan fingerprint density at radius 3 is 2.93 bits per heavy atom. The van der Waals surface area contributed by atoms with Crippen LogP contribution in [0.3, 0.4) is 0 Å². The fourth-order valence-electron chi connectivity index (χ4n) is 4.13. The lowest BCUT2D eigenvalue weighted by Gasteiger charge is -2.33. The summed E-state index contributed by atoms with van der Waals surface area (Å²) in [5, 5.41) is 6.47. The first kappa shape index (κ1) is 20.6. The molecular formula is C21H25ClFN3O2. The Kier molecular flexibility index (Phi) is 6.20. The summed E-state index contributed by atoms with van der Waals surface area (Å²) in [6.45, 7) is 3.18. The number of piperidine rings is 1. The van der Waals surface area contributed by atoms with Crippen LogP contribution in [0.1, 0.15) is 44.3 Å². The van der Waals surface area contributed by atoms with Crippen LogP contribution in [0.5, 0.6) is 5.75 Å². The van der Waals surface area contributed by atoms with Gasteiger partial charge in [-0.15, -0.1) is 12.4 Å². The smallest absolute Gasteiger partial charge is 0.240 e. The van der Waals surface area contributed by atoms with Crippen molar-refractivity contribution in [2.75, 3.05) is 13.2 Å². The van der Waals surface area contributed by atoms with Gasteiger partial charge in [-0.05, 0) is 68.5 Å². The van der Waals surface area contributed by atoms with E-state index < -0.39 is 5.54 Å². The van der Waals surface area contributed by atoms with Gasteiger partial charge in [-0.3, -0.25) is 15.1 Å².